The summed E-state index contributed by atoms with van der Waals surface area (Å²) in [5.74, 6) is 1.67. The molecule has 1 N–H and O–H groups in total. The van der Waals surface area contributed by atoms with Crippen LogP contribution in [0.2, 0.25) is 0 Å². The average molecular weight is 247 g/mol. The molecule has 1 saturated carbocycles. The Morgan fingerprint density at radius 3 is 2.50 bits per heavy atom. The van der Waals surface area contributed by atoms with Gasteiger partial charge in [-0.05, 0) is 49.3 Å². The van der Waals surface area contributed by atoms with Gasteiger partial charge in [0.1, 0.15) is 5.75 Å². The van der Waals surface area contributed by atoms with Gasteiger partial charge in [0.2, 0.25) is 0 Å². The second-order valence-corrected chi connectivity index (χ2v) is 5.31. The van der Waals surface area contributed by atoms with Gasteiger partial charge in [-0.3, -0.25) is 0 Å². The number of hydrogen-bond acceptors (Lipinski definition) is 2. The predicted octanol–water partition coefficient (Wildman–Crippen LogP) is 3.58. The molecule has 0 radical (unpaired) electrons. The lowest BCUT2D eigenvalue weighted by atomic mass is 9.51. The summed E-state index contributed by atoms with van der Waals surface area (Å²) in [6.07, 6.45) is 3.66. The van der Waals surface area contributed by atoms with Crippen LogP contribution in [0.3, 0.4) is 0 Å². The molecular weight excluding hydrogens is 222 g/mol. The second-order valence-electron chi connectivity index (χ2n) is 5.31. The summed E-state index contributed by atoms with van der Waals surface area (Å²) in [7, 11) is 3.86. The Hall–Kier alpha value is -1.02. The Morgan fingerprint density at radius 2 is 1.94 bits per heavy atom. The van der Waals surface area contributed by atoms with Crippen LogP contribution in [0.25, 0.3) is 0 Å². The summed E-state index contributed by atoms with van der Waals surface area (Å²) < 4.78 is 5.53. The number of para-hydroxylation sites is 1. The van der Waals surface area contributed by atoms with E-state index in [1.54, 1.807) is 7.11 Å². The first-order chi connectivity index (χ1) is 8.73. The Morgan fingerprint density at radius 1 is 1.28 bits per heavy atom. The standard InChI is InChI=1S/C16H25NO/c1-5-16(6-2)13(11-15(16)17-3)12-9-7-8-10-14(12)18-4/h7-10,13,15,17H,5-6,11H2,1-4H3. The van der Waals surface area contributed by atoms with E-state index in [4.69, 9.17) is 4.74 Å². The molecule has 2 rings (SSSR count). The monoisotopic (exact) mass is 247 g/mol. The van der Waals surface area contributed by atoms with Gasteiger partial charge < -0.3 is 10.1 Å². The molecule has 0 aliphatic heterocycles. The number of ether oxygens (including phenoxy) is 1. The normalized spacial score (nSPS) is 25.6. The molecular formula is C16H25NO. The number of rotatable bonds is 5. The third-order valence-electron chi connectivity index (χ3n) is 5.04. The smallest absolute Gasteiger partial charge is 0.122 e. The molecule has 0 amide bonds. The molecule has 1 aliphatic carbocycles. The minimum Gasteiger partial charge on any atom is -0.496 e. The maximum atomic E-state index is 5.53. The Labute approximate surface area is 111 Å². The van der Waals surface area contributed by atoms with Crippen LogP contribution in [-0.4, -0.2) is 20.2 Å². The largest absolute Gasteiger partial charge is 0.496 e. The van der Waals surface area contributed by atoms with E-state index in [0.29, 0.717) is 17.4 Å². The summed E-state index contributed by atoms with van der Waals surface area (Å²) >= 11 is 0. The van der Waals surface area contributed by atoms with Crippen LogP contribution in [-0.2, 0) is 0 Å². The third kappa shape index (κ3) is 1.83. The molecule has 1 aliphatic rings. The molecule has 0 spiro atoms. The van der Waals surface area contributed by atoms with Crippen molar-refractivity contribution in [3.05, 3.63) is 29.8 Å². The molecule has 1 aromatic rings. The maximum absolute atomic E-state index is 5.53. The van der Waals surface area contributed by atoms with E-state index in [2.05, 4.69) is 50.5 Å². The zero-order valence-electron chi connectivity index (χ0n) is 12.0. The highest BCUT2D eigenvalue weighted by Crippen LogP contribution is 2.58. The number of hydrogen-bond donors (Lipinski definition) is 1. The molecule has 100 valence electrons. The van der Waals surface area contributed by atoms with E-state index in [9.17, 15) is 0 Å². The van der Waals surface area contributed by atoms with Crippen LogP contribution >= 0.6 is 0 Å². The molecule has 2 unspecified atom stereocenters. The van der Waals surface area contributed by atoms with Crippen LogP contribution in [0.5, 0.6) is 5.75 Å². The minimum absolute atomic E-state index is 0.392. The van der Waals surface area contributed by atoms with Gasteiger partial charge in [-0.1, -0.05) is 32.0 Å². The van der Waals surface area contributed by atoms with E-state index in [-0.39, 0.29) is 0 Å². The zero-order valence-corrected chi connectivity index (χ0v) is 12.0. The fraction of sp³-hybridized carbons (Fsp3) is 0.625. The SMILES string of the molecule is CCC1(CC)C(NC)CC1c1ccccc1OC. The van der Waals surface area contributed by atoms with Gasteiger partial charge in [0.05, 0.1) is 7.11 Å². The fourth-order valence-corrected chi connectivity index (χ4v) is 3.82. The van der Waals surface area contributed by atoms with Crippen molar-refractivity contribution in [2.75, 3.05) is 14.2 Å². The highest BCUT2D eigenvalue weighted by Gasteiger charge is 2.52. The first-order valence-electron chi connectivity index (χ1n) is 7.03. The second kappa shape index (κ2) is 5.31. The van der Waals surface area contributed by atoms with Crippen LogP contribution in [0.15, 0.2) is 24.3 Å². The first-order valence-corrected chi connectivity index (χ1v) is 7.03. The van der Waals surface area contributed by atoms with Crippen molar-refractivity contribution in [3.8, 4) is 5.75 Å². The third-order valence-corrected chi connectivity index (χ3v) is 5.04. The van der Waals surface area contributed by atoms with Gasteiger partial charge in [0.15, 0.2) is 0 Å². The summed E-state index contributed by atoms with van der Waals surface area (Å²) in [5.41, 5.74) is 1.78. The molecule has 0 saturated heterocycles. The van der Waals surface area contributed by atoms with E-state index < -0.39 is 0 Å². The van der Waals surface area contributed by atoms with E-state index >= 15 is 0 Å². The molecule has 1 aromatic carbocycles. The Bertz CT molecular complexity index is 398. The van der Waals surface area contributed by atoms with Crippen molar-refractivity contribution in [2.24, 2.45) is 5.41 Å². The molecule has 0 aromatic heterocycles. The summed E-state index contributed by atoms with van der Waals surface area (Å²) in [6.45, 7) is 4.63. The van der Waals surface area contributed by atoms with Gasteiger partial charge in [0.25, 0.3) is 0 Å². The average Bonchev–Trinajstić information content (AvgIpc) is 2.40. The quantitative estimate of drug-likeness (QED) is 0.858. The molecule has 2 nitrogen and oxygen atoms in total. The van der Waals surface area contributed by atoms with Gasteiger partial charge in [-0.15, -0.1) is 0 Å². The molecule has 0 bridgehead atoms. The summed E-state index contributed by atoms with van der Waals surface area (Å²) in [5, 5.41) is 3.49. The Kier molecular flexibility index (Phi) is 3.96. The minimum atomic E-state index is 0.392. The molecule has 0 heterocycles. The lowest BCUT2D eigenvalue weighted by molar-refractivity contribution is 0.0233. The van der Waals surface area contributed by atoms with Crippen molar-refractivity contribution >= 4 is 0 Å². The number of benzene rings is 1. The lowest BCUT2D eigenvalue weighted by Gasteiger charge is -2.56. The first kappa shape index (κ1) is 13.4. The van der Waals surface area contributed by atoms with Crippen LogP contribution in [0, 0.1) is 5.41 Å². The van der Waals surface area contributed by atoms with Crippen molar-refractivity contribution < 1.29 is 4.74 Å². The topological polar surface area (TPSA) is 21.3 Å². The van der Waals surface area contributed by atoms with Crippen LogP contribution in [0.1, 0.15) is 44.6 Å². The van der Waals surface area contributed by atoms with Crippen LogP contribution in [0.4, 0.5) is 0 Å². The molecule has 2 atom stereocenters. The van der Waals surface area contributed by atoms with Crippen molar-refractivity contribution in [1.82, 2.24) is 5.32 Å². The number of methoxy groups -OCH3 is 1. The summed E-state index contributed by atoms with van der Waals surface area (Å²) in [4.78, 5) is 0. The van der Waals surface area contributed by atoms with E-state index in [1.807, 2.05) is 0 Å². The van der Waals surface area contributed by atoms with Gasteiger partial charge in [-0.2, -0.15) is 0 Å². The van der Waals surface area contributed by atoms with Crippen LogP contribution < -0.4 is 10.1 Å². The van der Waals surface area contributed by atoms with Crippen molar-refractivity contribution in [2.45, 2.75) is 45.1 Å². The molecule has 2 heteroatoms. The van der Waals surface area contributed by atoms with Gasteiger partial charge in [0, 0.05) is 6.04 Å². The van der Waals surface area contributed by atoms with Crippen molar-refractivity contribution in [1.29, 1.82) is 0 Å². The predicted molar refractivity (Wildman–Crippen MR) is 76.2 cm³/mol. The Balaban J connectivity index is 2.34. The summed E-state index contributed by atoms with van der Waals surface area (Å²) in [6, 6.07) is 9.13. The molecule has 1 fully saturated rings. The van der Waals surface area contributed by atoms with Gasteiger partial charge in [-0.25, -0.2) is 0 Å². The lowest BCUT2D eigenvalue weighted by Crippen LogP contribution is -2.57. The van der Waals surface area contributed by atoms with Gasteiger partial charge >= 0.3 is 0 Å². The highest BCUT2D eigenvalue weighted by atomic mass is 16.5. The highest BCUT2D eigenvalue weighted by molar-refractivity contribution is 5.40. The van der Waals surface area contributed by atoms with E-state index in [1.165, 1.54) is 24.8 Å². The van der Waals surface area contributed by atoms with E-state index in [0.717, 1.165) is 5.75 Å². The molecule has 18 heavy (non-hydrogen) atoms. The fourth-order valence-electron chi connectivity index (χ4n) is 3.82. The number of nitrogens with one attached hydrogen (secondary N) is 1. The zero-order chi connectivity index (χ0) is 13.2. The van der Waals surface area contributed by atoms with Crippen molar-refractivity contribution in [3.63, 3.8) is 0 Å². The maximum Gasteiger partial charge on any atom is 0.122 e.